The number of aromatic nitrogens is 1. The van der Waals surface area contributed by atoms with Crippen molar-refractivity contribution >= 4 is 33.3 Å². The zero-order valence-electron chi connectivity index (χ0n) is 10.3. The van der Waals surface area contributed by atoms with Crippen LogP contribution >= 0.6 is 27.5 Å². The predicted molar refractivity (Wildman–Crippen MR) is 76.2 cm³/mol. The van der Waals surface area contributed by atoms with Crippen LogP contribution in [0.3, 0.4) is 0 Å². The molecule has 0 atom stereocenters. The average molecular weight is 332 g/mol. The van der Waals surface area contributed by atoms with Gasteiger partial charge in [-0.3, -0.25) is 0 Å². The van der Waals surface area contributed by atoms with E-state index in [-0.39, 0.29) is 5.41 Å². The van der Waals surface area contributed by atoms with Gasteiger partial charge in [-0.2, -0.15) is 0 Å². The van der Waals surface area contributed by atoms with E-state index >= 15 is 0 Å². The van der Waals surface area contributed by atoms with E-state index < -0.39 is 5.60 Å². The van der Waals surface area contributed by atoms with E-state index in [4.69, 9.17) is 11.6 Å². The van der Waals surface area contributed by atoms with Crippen molar-refractivity contribution in [3.63, 3.8) is 0 Å². The molecule has 2 N–H and O–H groups in total. The highest BCUT2D eigenvalue weighted by molar-refractivity contribution is 9.10. The minimum Gasteiger partial charge on any atom is -0.390 e. The summed E-state index contributed by atoms with van der Waals surface area (Å²) in [7, 11) is 0. The molecule has 1 spiro atoms. The number of nitrogens with one attached hydrogen (secondary N) is 1. The lowest BCUT2D eigenvalue weighted by Gasteiger charge is -2.40. The Hall–Kier alpha value is -0.320. The molecule has 5 heteroatoms. The summed E-state index contributed by atoms with van der Waals surface area (Å²) in [6.45, 7) is 2.80. The first-order chi connectivity index (χ1) is 8.44. The fourth-order valence-electron chi connectivity index (χ4n) is 3.12. The Kier molecular flexibility index (Phi) is 2.88. The number of rotatable bonds is 0. The summed E-state index contributed by atoms with van der Waals surface area (Å²) < 4.78 is 0.850. The van der Waals surface area contributed by atoms with Crippen molar-refractivity contribution in [3.8, 4) is 0 Å². The van der Waals surface area contributed by atoms with E-state index in [1.165, 1.54) is 0 Å². The summed E-state index contributed by atoms with van der Waals surface area (Å²) >= 11 is 9.89. The molecule has 1 aliphatic heterocycles. The molecule has 3 nitrogen and oxygen atoms in total. The van der Waals surface area contributed by atoms with Crippen LogP contribution in [0.15, 0.2) is 10.7 Å². The van der Waals surface area contributed by atoms with Gasteiger partial charge in [-0.1, -0.05) is 11.6 Å². The maximum absolute atomic E-state index is 10.1. The molecule has 0 bridgehead atoms. The van der Waals surface area contributed by atoms with E-state index in [1.807, 2.05) is 6.92 Å². The van der Waals surface area contributed by atoms with Gasteiger partial charge >= 0.3 is 0 Å². The lowest BCUT2D eigenvalue weighted by atomic mass is 9.67. The largest absolute Gasteiger partial charge is 0.390 e. The molecule has 0 saturated heterocycles. The van der Waals surface area contributed by atoms with Crippen LogP contribution in [0.1, 0.15) is 38.2 Å². The molecular formula is C13H16BrClN2O. The number of nitrogens with zero attached hydrogens (tertiary/aromatic N) is 1. The van der Waals surface area contributed by atoms with E-state index in [9.17, 15) is 5.11 Å². The molecule has 98 valence electrons. The smallest absolute Gasteiger partial charge is 0.131 e. The normalized spacial score (nSPS) is 34.4. The van der Waals surface area contributed by atoms with Crippen LogP contribution in [0, 0.1) is 0 Å². The third-order valence-electron chi connectivity index (χ3n) is 4.38. The Morgan fingerprint density at radius 1 is 1.39 bits per heavy atom. The first-order valence-corrected chi connectivity index (χ1v) is 7.41. The second-order valence-electron chi connectivity index (χ2n) is 5.77. The summed E-state index contributed by atoms with van der Waals surface area (Å²) in [5, 5.41) is 14.2. The summed E-state index contributed by atoms with van der Waals surface area (Å²) in [6.07, 6.45) is 5.29. The van der Waals surface area contributed by atoms with Crippen molar-refractivity contribution < 1.29 is 5.11 Å². The molecule has 1 aliphatic carbocycles. The molecular weight excluding hydrogens is 316 g/mol. The number of pyridine rings is 1. The van der Waals surface area contributed by atoms with E-state index in [1.54, 1.807) is 6.20 Å². The summed E-state index contributed by atoms with van der Waals surface area (Å²) in [6, 6.07) is 0. The van der Waals surface area contributed by atoms with Gasteiger partial charge in [-0.05, 0) is 48.5 Å². The molecule has 0 aromatic carbocycles. The van der Waals surface area contributed by atoms with Crippen molar-refractivity contribution in [1.29, 1.82) is 0 Å². The quantitative estimate of drug-likeness (QED) is 0.765. The number of aliphatic hydroxyl groups is 1. The number of hydrogen-bond acceptors (Lipinski definition) is 3. The lowest BCUT2D eigenvalue weighted by Crippen LogP contribution is -2.40. The Morgan fingerprint density at radius 3 is 2.72 bits per heavy atom. The van der Waals surface area contributed by atoms with Crippen LogP contribution in [-0.4, -0.2) is 22.2 Å². The lowest BCUT2D eigenvalue weighted by molar-refractivity contribution is 0.00319. The Bertz CT molecular complexity index is 494. The molecule has 0 amide bonds. The van der Waals surface area contributed by atoms with Crippen molar-refractivity contribution in [1.82, 2.24) is 4.98 Å². The van der Waals surface area contributed by atoms with Gasteiger partial charge in [0.2, 0.25) is 0 Å². The fraction of sp³-hybridized carbons (Fsp3) is 0.615. The van der Waals surface area contributed by atoms with Gasteiger partial charge in [0.05, 0.1) is 15.1 Å². The second kappa shape index (κ2) is 4.09. The van der Waals surface area contributed by atoms with Crippen LogP contribution < -0.4 is 5.32 Å². The third kappa shape index (κ3) is 1.86. The molecule has 1 aromatic heterocycles. The molecule has 1 saturated carbocycles. The minimum atomic E-state index is -0.528. The van der Waals surface area contributed by atoms with Crippen LogP contribution in [0.5, 0.6) is 0 Å². The average Bonchev–Trinajstić information content (AvgIpc) is 2.69. The summed E-state index contributed by atoms with van der Waals surface area (Å²) in [5.41, 5.74) is 0.653. The van der Waals surface area contributed by atoms with E-state index in [0.29, 0.717) is 0 Å². The number of hydrogen-bond donors (Lipinski definition) is 2. The highest BCUT2D eigenvalue weighted by Crippen LogP contribution is 2.51. The highest BCUT2D eigenvalue weighted by atomic mass is 79.9. The van der Waals surface area contributed by atoms with Gasteiger partial charge in [0.1, 0.15) is 5.82 Å². The first kappa shape index (κ1) is 12.7. The number of fused-ring (bicyclic) bond motifs is 2. The molecule has 2 heterocycles. The van der Waals surface area contributed by atoms with Crippen molar-refractivity contribution in [2.45, 2.75) is 43.6 Å². The van der Waals surface area contributed by atoms with E-state index in [0.717, 1.165) is 53.1 Å². The minimum absolute atomic E-state index is 0.0471. The van der Waals surface area contributed by atoms with Gasteiger partial charge in [-0.15, -0.1) is 0 Å². The van der Waals surface area contributed by atoms with Crippen LogP contribution in [0.2, 0.25) is 5.02 Å². The molecule has 3 rings (SSSR count). The maximum Gasteiger partial charge on any atom is 0.131 e. The van der Waals surface area contributed by atoms with Crippen molar-refractivity contribution in [2.24, 2.45) is 0 Å². The van der Waals surface area contributed by atoms with Crippen LogP contribution in [-0.2, 0) is 5.41 Å². The molecule has 18 heavy (non-hydrogen) atoms. The Morgan fingerprint density at radius 2 is 2.06 bits per heavy atom. The van der Waals surface area contributed by atoms with Gasteiger partial charge < -0.3 is 10.4 Å². The van der Waals surface area contributed by atoms with Gasteiger partial charge in [0.25, 0.3) is 0 Å². The Balaban J connectivity index is 2.02. The van der Waals surface area contributed by atoms with E-state index in [2.05, 4.69) is 26.2 Å². The van der Waals surface area contributed by atoms with Crippen LogP contribution in [0.25, 0.3) is 0 Å². The molecule has 0 radical (unpaired) electrons. The molecule has 1 fully saturated rings. The molecule has 0 unspecified atom stereocenters. The predicted octanol–water partition coefficient (Wildman–Crippen LogP) is 3.49. The first-order valence-electron chi connectivity index (χ1n) is 6.24. The third-order valence-corrected chi connectivity index (χ3v) is 5.60. The second-order valence-corrected chi connectivity index (χ2v) is 7.01. The highest BCUT2D eigenvalue weighted by Gasteiger charge is 2.46. The topological polar surface area (TPSA) is 45.1 Å². The standard InChI is InChI=1S/C13H16BrClN2O/c1-12(18)2-4-13(5-3-12)7-17-11-9(13)10(15)8(14)6-16-11/h6,18H,2-5,7H2,1H3,(H,16,17)/t12-,13-. The zero-order valence-corrected chi connectivity index (χ0v) is 12.6. The van der Waals surface area contributed by atoms with Gasteiger partial charge in [0.15, 0.2) is 0 Å². The van der Waals surface area contributed by atoms with Gasteiger partial charge in [-0.25, -0.2) is 4.98 Å². The Labute approximate surface area is 120 Å². The van der Waals surface area contributed by atoms with Gasteiger partial charge in [0, 0.05) is 23.7 Å². The zero-order chi connectivity index (χ0) is 13.0. The number of halogens is 2. The molecule has 2 aliphatic rings. The summed E-state index contributed by atoms with van der Waals surface area (Å²) in [4.78, 5) is 4.40. The van der Waals surface area contributed by atoms with Crippen LogP contribution in [0.4, 0.5) is 5.82 Å². The van der Waals surface area contributed by atoms with Crippen molar-refractivity contribution in [3.05, 3.63) is 21.3 Å². The monoisotopic (exact) mass is 330 g/mol. The SMILES string of the molecule is C[C@]1(O)CC[C@]2(CC1)CNc1ncc(Br)c(Cl)c12. The fourth-order valence-corrected chi connectivity index (χ4v) is 3.76. The number of anilines is 1. The maximum atomic E-state index is 10.1. The summed E-state index contributed by atoms with van der Waals surface area (Å²) in [5.74, 6) is 0.907. The van der Waals surface area contributed by atoms with Crippen molar-refractivity contribution in [2.75, 3.05) is 11.9 Å². The molecule has 1 aromatic rings.